The number of carboxylic acids is 1. The molecule has 1 saturated heterocycles. The molecule has 6 nitrogen and oxygen atoms in total. The summed E-state index contributed by atoms with van der Waals surface area (Å²) in [7, 11) is 0. The van der Waals surface area contributed by atoms with Gasteiger partial charge in [-0.25, -0.2) is 0 Å². The summed E-state index contributed by atoms with van der Waals surface area (Å²) >= 11 is 0. The van der Waals surface area contributed by atoms with E-state index >= 15 is 0 Å². The largest absolute Gasteiger partial charge is 0.481 e. The monoisotopic (exact) mass is 341 g/mol. The zero-order valence-electron chi connectivity index (χ0n) is 14.3. The zero-order chi connectivity index (χ0) is 17.8. The summed E-state index contributed by atoms with van der Waals surface area (Å²) in [5.74, 6) is -1.48. The van der Waals surface area contributed by atoms with Crippen LogP contribution in [0.5, 0.6) is 0 Å². The van der Waals surface area contributed by atoms with Crippen LogP contribution in [0, 0.1) is 12.8 Å². The van der Waals surface area contributed by atoms with Crippen molar-refractivity contribution in [2.45, 2.75) is 32.1 Å². The van der Waals surface area contributed by atoms with Gasteiger partial charge in [-0.3, -0.25) is 14.7 Å². The van der Waals surface area contributed by atoms with E-state index in [1.165, 1.54) is 0 Å². The van der Waals surface area contributed by atoms with Gasteiger partial charge < -0.3 is 10.0 Å². The smallest absolute Gasteiger partial charge is 0.308 e. The van der Waals surface area contributed by atoms with E-state index in [1.54, 1.807) is 11.1 Å². The lowest BCUT2D eigenvalue weighted by molar-refractivity contribution is -0.141. The van der Waals surface area contributed by atoms with Crippen molar-refractivity contribution in [1.29, 1.82) is 0 Å². The molecular formula is C19H23N3O3. The summed E-state index contributed by atoms with van der Waals surface area (Å²) in [5.41, 5.74) is 3.19. The second-order valence-electron chi connectivity index (χ2n) is 6.67. The first-order chi connectivity index (χ1) is 12.1. The number of benzene rings is 1. The molecule has 1 fully saturated rings. The highest BCUT2D eigenvalue weighted by Gasteiger charge is 2.40. The van der Waals surface area contributed by atoms with Gasteiger partial charge in [0.1, 0.15) is 0 Å². The standard InChI is InChI=1S/C19H23N3O3/c1-13-5-2-3-7-15(13)16-11-22(12-17(16)19(24)25)18(23)8-4-6-14-9-20-21-10-14/h2-3,5,7,9-10,16-17H,4,6,8,11-12H2,1H3,(H,20,21)(H,24,25)/t16-,17+/m0/s1. The van der Waals surface area contributed by atoms with Crippen molar-refractivity contribution < 1.29 is 14.7 Å². The van der Waals surface area contributed by atoms with Crippen LogP contribution in [0.25, 0.3) is 0 Å². The second-order valence-corrected chi connectivity index (χ2v) is 6.67. The molecule has 2 atom stereocenters. The number of amides is 1. The predicted molar refractivity (Wildman–Crippen MR) is 93.2 cm³/mol. The van der Waals surface area contributed by atoms with E-state index in [-0.39, 0.29) is 11.8 Å². The number of hydrogen-bond acceptors (Lipinski definition) is 3. The molecule has 2 N–H and O–H groups in total. The lowest BCUT2D eigenvalue weighted by Gasteiger charge is -2.18. The Labute approximate surface area is 146 Å². The van der Waals surface area contributed by atoms with Crippen molar-refractivity contribution in [3.8, 4) is 0 Å². The molecule has 132 valence electrons. The van der Waals surface area contributed by atoms with Crippen LogP contribution in [0.2, 0.25) is 0 Å². The predicted octanol–water partition coefficient (Wildman–Crippen LogP) is 2.37. The topological polar surface area (TPSA) is 86.3 Å². The van der Waals surface area contributed by atoms with Gasteiger partial charge in [-0.05, 0) is 36.5 Å². The number of nitrogens with zero attached hydrogens (tertiary/aromatic N) is 2. The van der Waals surface area contributed by atoms with E-state index in [9.17, 15) is 14.7 Å². The lowest BCUT2D eigenvalue weighted by Crippen LogP contribution is -2.29. The third kappa shape index (κ3) is 3.90. The van der Waals surface area contributed by atoms with Crippen LogP contribution in [0.1, 0.15) is 35.4 Å². The third-order valence-electron chi connectivity index (χ3n) is 4.99. The van der Waals surface area contributed by atoms with Gasteiger partial charge in [-0.1, -0.05) is 24.3 Å². The van der Waals surface area contributed by atoms with Gasteiger partial charge in [0.2, 0.25) is 5.91 Å². The molecule has 0 unspecified atom stereocenters. The second kappa shape index (κ2) is 7.51. The molecular weight excluding hydrogens is 318 g/mol. The molecule has 6 heteroatoms. The molecule has 3 rings (SSSR count). The number of hydrogen-bond donors (Lipinski definition) is 2. The molecule has 0 spiro atoms. The van der Waals surface area contributed by atoms with E-state index < -0.39 is 11.9 Å². The summed E-state index contributed by atoms with van der Waals surface area (Å²) in [6, 6.07) is 7.84. The number of carbonyl (C=O) groups excluding carboxylic acids is 1. The summed E-state index contributed by atoms with van der Waals surface area (Å²) < 4.78 is 0. The van der Waals surface area contributed by atoms with E-state index in [4.69, 9.17) is 0 Å². The Hall–Kier alpha value is -2.63. The molecule has 2 heterocycles. The Bertz CT molecular complexity index is 742. The van der Waals surface area contributed by atoms with Gasteiger partial charge >= 0.3 is 5.97 Å². The van der Waals surface area contributed by atoms with Crippen LogP contribution in [0.15, 0.2) is 36.7 Å². The summed E-state index contributed by atoms with van der Waals surface area (Å²) in [6.07, 6.45) is 5.54. The first kappa shape index (κ1) is 17.2. The molecule has 0 radical (unpaired) electrons. The van der Waals surface area contributed by atoms with Crippen molar-refractivity contribution >= 4 is 11.9 Å². The fourth-order valence-electron chi connectivity index (χ4n) is 3.59. The number of aliphatic carboxylic acids is 1. The van der Waals surface area contributed by atoms with Gasteiger partial charge in [0.25, 0.3) is 0 Å². The molecule has 1 aliphatic rings. The molecule has 1 aliphatic heterocycles. The number of rotatable bonds is 6. The first-order valence-corrected chi connectivity index (χ1v) is 8.60. The van der Waals surface area contributed by atoms with Crippen molar-refractivity contribution in [2.75, 3.05) is 13.1 Å². The van der Waals surface area contributed by atoms with Crippen molar-refractivity contribution in [3.63, 3.8) is 0 Å². The highest BCUT2D eigenvalue weighted by Crippen LogP contribution is 2.35. The number of likely N-dealkylation sites (tertiary alicyclic amines) is 1. The molecule has 2 aromatic rings. The van der Waals surface area contributed by atoms with Crippen LogP contribution in [0.4, 0.5) is 0 Å². The Morgan fingerprint density at radius 1 is 1.32 bits per heavy atom. The number of carboxylic acid groups (broad SMARTS) is 1. The summed E-state index contributed by atoms with van der Waals surface area (Å²) in [4.78, 5) is 25.9. The quantitative estimate of drug-likeness (QED) is 0.844. The fraction of sp³-hybridized carbons (Fsp3) is 0.421. The third-order valence-corrected chi connectivity index (χ3v) is 4.99. The SMILES string of the molecule is Cc1ccccc1[C@@H]1CN(C(=O)CCCc2cn[nH]c2)C[C@H]1C(=O)O. The maximum atomic E-state index is 12.5. The van der Waals surface area contributed by atoms with Gasteiger partial charge in [0.05, 0.1) is 12.1 Å². The average Bonchev–Trinajstić information content (AvgIpc) is 3.24. The minimum atomic E-state index is -0.832. The molecule has 25 heavy (non-hydrogen) atoms. The number of carbonyl (C=O) groups is 2. The fourth-order valence-corrected chi connectivity index (χ4v) is 3.59. The van der Waals surface area contributed by atoms with Gasteiger partial charge in [-0.15, -0.1) is 0 Å². The average molecular weight is 341 g/mol. The molecule has 1 amide bonds. The van der Waals surface area contributed by atoms with E-state index in [0.29, 0.717) is 19.5 Å². The van der Waals surface area contributed by atoms with Crippen LogP contribution in [0.3, 0.4) is 0 Å². The van der Waals surface area contributed by atoms with Crippen LogP contribution in [-0.2, 0) is 16.0 Å². The number of H-pyrrole nitrogens is 1. The molecule has 1 aromatic carbocycles. The maximum absolute atomic E-state index is 12.5. The lowest BCUT2D eigenvalue weighted by atomic mass is 9.86. The zero-order valence-corrected chi connectivity index (χ0v) is 14.3. The van der Waals surface area contributed by atoms with Gasteiger partial charge in [0, 0.05) is 31.6 Å². The highest BCUT2D eigenvalue weighted by molar-refractivity contribution is 5.79. The van der Waals surface area contributed by atoms with Crippen molar-refractivity contribution in [1.82, 2.24) is 15.1 Å². The Kier molecular flexibility index (Phi) is 5.16. The number of nitrogens with one attached hydrogen (secondary N) is 1. The summed E-state index contributed by atoms with van der Waals surface area (Å²) in [5, 5.41) is 16.2. The summed E-state index contributed by atoms with van der Waals surface area (Å²) in [6.45, 7) is 2.76. The van der Waals surface area contributed by atoms with Crippen LogP contribution < -0.4 is 0 Å². The Balaban J connectivity index is 1.64. The number of aromatic nitrogens is 2. The minimum Gasteiger partial charge on any atom is -0.481 e. The Morgan fingerprint density at radius 2 is 2.12 bits per heavy atom. The van der Waals surface area contributed by atoms with Crippen LogP contribution in [-0.4, -0.2) is 45.2 Å². The molecule has 0 aliphatic carbocycles. The van der Waals surface area contributed by atoms with Gasteiger partial charge in [0.15, 0.2) is 0 Å². The number of aryl methyl sites for hydroxylation is 2. The van der Waals surface area contributed by atoms with Crippen molar-refractivity contribution in [3.05, 3.63) is 53.3 Å². The van der Waals surface area contributed by atoms with Gasteiger partial charge in [-0.2, -0.15) is 5.10 Å². The van der Waals surface area contributed by atoms with E-state index in [0.717, 1.165) is 29.5 Å². The maximum Gasteiger partial charge on any atom is 0.308 e. The number of aromatic amines is 1. The highest BCUT2D eigenvalue weighted by atomic mass is 16.4. The Morgan fingerprint density at radius 3 is 2.80 bits per heavy atom. The van der Waals surface area contributed by atoms with E-state index in [1.807, 2.05) is 37.4 Å². The van der Waals surface area contributed by atoms with Crippen molar-refractivity contribution in [2.24, 2.45) is 5.92 Å². The molecule has 0 bridgehead atoms. The van der Waals surface area contributed by atoms with E-state index in [2.05, 4.69) is 10.2 Å². The van der Waals surface area contributed by atoms with Crippen LogP contribution >= 0.6 is 0 Å². The normalized spacial score (nSPS) is 20.0. The molecule has 1 aromatic heterocycles. The molecule has 0 saturated carbocycles. The first-order valence-electron chi connectivity index (χ1n) is 8.60. The minimum absolute atomic E-state index is 0.0332.